The molecule has 1 aromatic carbocycles. The largest absolute Gasteiger partial charge is 0.300 e. The number of halogens is 1. The van der Waals surface area contributed by atoms with E-state index in [2.05, 4.69) is 24.1 Å². The zero-order valence-corrected chi connectivity index (χ0v) is 9.23. The van der Waals surface area contributed by atoms with Gasteiger partial charge in [0.15, 0.2) is 0 Å². The molecule has 1 N–H and O–H groups in total. The van der Waals surface area contributed by atoms with Crippen molar-refractivity contribution in [3.63, 3.8) is 0 Å². The van der Waals surface area contributed by atoms with Gasteiger partial charge in [-0.15, -0.1) is 5.92 Å². The van der Waals surface area contributed by atoms with Crippen LogP contribution < -0.4 is 5.32 Å². The minimum absolute atomic E-state index is 0.313. The first-order chi connectivity index (χ1) is 6.74. The Morgan fingerprint density at radius 3 is 2.57 bits per heavy atom. The lowest BCUT2D eigenvalue weighted by Gasteiger charge is -2.11. The fourth-order valence-electron chi connectivity index (χ4n) is 1.16. The zero-order chi connectivity index (χ0) is 10.4. The van der Waals surface area contributed by atoms with Crippen molar-refractivity contribution in [1.82, 2.24) is 5.32 Å². The van der Waals surface area contributed by atoms with Crippen LogP contribution in [0.4, 0.5) is 0 Å². The molecule has 2 heteroatoms. The van der Waals surface area contributed by atoms with Gasteiger partial charge in [0.2, 0.25) is 0 Å². The molecule has 1 nitrogen and oxygen atoms in total. The number of rotatable bonds is 3. The van der Waals surface area contributed by atoms with Crippen LogP contribution in [-0.4, -0.2) is 6.54 Å². The van der Waals surface area contributed by atoms with Crippen LogP contribution in [0.3, 0.4) is 0 Å². The Labute approximate surface area is 90.5 Å². The van der Waals surface area contributed by atoms with Gasteiger partial charge in [0.25, 0.3) is 0 Å². The van der Waals surface area contributed by atoms with E-state index in [4.69, 9.17) is 11.6 Å². The van der Waals surface area contributed by atoms with Crippen LogP contribution in [0.25, 0.3) is 0 Å². The van der Waals surface area contributed by atoms with Gasteiger partial charge in [-0.25, -0.2) is 0 Å². The lowest BCUT2D eigenvalue weighted by atomic mass is 10.1. The molecule has 0 aliphatic carbocycles. The Bertz CT molecular complexity index is 332. The van der Waals surface area contributed by atoms with Gasteiger partial charge in [-0.3, -0.25) is 5.32 Å². The van der Waals surface area contributed by atoms with E-state index in [9.17, 15) is 0 Å². The highest BCUT2D eigenvalue weighted by atomic mass is 35.5. The molecule has 0 bridgehead atoms. The van der Waals surface area contributed by atoms with Crippen LogP contribution in [0.1, 0.15) is 25.5 Å². The Morgan fingerprint density at radius 2 is 2.00 bits per heavy atom. The zero-order valence-electron chi connectivity index (χ0n) is 8.47. The van der Waals surface area contributed by atoms with Crippen molar-refractivity contribution >= 4 is 11.6 Å². The van der Waals surface area contributed by atoms with Gasteiger partial charge in [-0.2, -0.15) is 0 Å². The SMILES string of the molecule is CC#CCN[C@H](C)c1ccc(Cl)cc1. The highest BCUT2D eigenvalue weighted by molar-refractivity contribution is 6.30. The van der Waals surface area contributed by atoms with Crippen LogP contribution in [0.5, 0.6) is 0 Å². The maximum Gasteiger partial charge on any atom is 0.0581 e. The lowest BCUT2D eigenvalue weighted by Crippen LogP contribution is -2.18. The summed E-state index contributed by atoms with van der Waals surface area (Å²) in [6.45, 7) is 4.68. The summed E-state index contributed by atoms with van der Waals surface area (Å²) in [7, 11) is 0. The van der Waals surface area contributed by atoms with E-state index in [1.807, 2.05) is 31.2 Å². The topological polar surface area (TPSA) is 12.0 Å². The van der Waals surface area contributed by atoms with E-state index in [0.29, 0.717) is 6.04 Å². The summed E-state index contributed by atoms with van der Waals surface area (Å²) in [5.74, 6) is 5.82. The molecule has 0 radical (unpaired) electrons. The predicted molar refractivity (Wildman–Crippen MR) is 61.3 cm³/mol. The molecule has 0 amide bonds. The molecule has 0 unspecified atom stereocenters. The van der Waals surface area contributed by atoms with Crippen LogP contribution in [0.2, 0.25) is 5.02 Å². The second-order valence-electron chi connectivity index (χ2n) is 3.08. The molecule has 0 aliphatic heterocycles. The van der Waals surface area contributed by atoms with Crippen LogP contribution >= 0.6 is 11.6 Å². The lowest BCUT2D eigenvalue weighted by molar-refractivity contribution is 0.623. The third-order valence-electron chi connectivity index (χ3n) is 2.04. The van der Waals surface area contributed by atoms with E-state index in [1.54, 1.807) is 0 Å². The predicted octanol–water partition coefficient (Wildman–Crippen LogP) is 3.01. The second kappa shape index (κ2) is 5.70. The maximum absolute atomic E-state index is 5.80. The van der Waals surface area contributed by atoms with Gasteiger partial charge >= 0.3 is 0 Å². The molecule has 1 atom stereocenters. The van der Waals surface area contributed by atoms with E-state index in [0.717, 1.165) is 11.6 Å². The fourth-order valence-corrected chi connectivity index (χ4v) is 1.29. The Kier molecular flexibility index (Phi) is 4.52. The minimum Gasteiger partial charge on any atom is -0.300 e. The third kappa shape index (κ3) is 3.41. The second-order valence-corrected chi connectivity index (χ2v) is 3.52. The molecule has 1 aromatic rings. The summed E-state index contributed by atoms with van der Waals surface area (Å²) in [6.07, 6.45) is 0. The molecule has 1 rings (SSSR count). The van der Waals surface area contributed by atoms with Gasteiger partial charge in [-0.1, -0.05) is 29.7 Å². The molecule has 74 valence electrons. The fraction of sp³-hybridized carbons (Fsp3) is 0.333. The minimum atomic E-state index is 0.313. The molecule has 0 aromatic heterocycles. The summed E-state index contributed by atoms with van der Waals surface area (Å²) >= 11 is 5.80. The van der Waals surface area contributed by atoms with Crippen molar-refractivity contribution in [2.24, 2.45) is 0 Å². The molecule has 0 saturated carbocycles. The summed E-state index contributed by atoms with van der Waals surface area (Å²) in [6, 6.07) is 8.17. The molecular weight excluding hydrogens is 194 g/mol. The van der Waals surface area contributed by atoms with Gasteiger partial charge in [0, 0.05) is 11.1 Å². The van der Waals surface area contributed by atoms with Crippen molar-refractivity contribution < 1.29 is 0 Å². The Morgan fingerprint density at radius 1 is 1.36 bits per heavy atom. The van der Waals surface area contributed by atoms with Gasteiger partial charge in [-0.05, 0) is 31.5 Å². The summed E-state index contributed by atoms with van der Waals surface area (Å²) in [5, 5.41) is 4.08. The van der Waals surface area contributed by atoms with Crippen molar-refractivity contribution in [2.75, 3.05) is 6.54 Å². The molecule has 0 spiro atoms. The Hall–Kier alpha value is -0.970. The first kappa shape index (κ1) is 11.1. The summed E-state index contributed by atoms with van der Waals surface area (Å²) < 4.78 is 0. The van der Waals surface area contributed by atoms with Crippen LogP contribution in [0, 0.1) is 11.8 Å². The number of hydrogen-bond donors (Lipinski definition) is 1. The molecule has 0 saturated heterocycles. The van der Waals surface area contributed by atoms with Crippen molar-refractivity contribution in [3.8, 4) is 11.8 Å². The maximum atomic E-state index is 5.80. The summed E-state index contributed by atoms with van der Waals surface area (Å²) in [5.41, 5.74) is 1.23. The normalized spacial score (nSPS) is 11.6. The Balaban J connectivity index is 2.54. The quantitative estimate of drug-likeness (QED) is 0.752. The first-order valence-corrected chi connectivity index (χ1v) is 5.00. The highest BCUT2D eigenvalue weighted by Crippen LogP contribution is 2.15. The van der Waals surface area contributed by atoms with E-state index in [1.165, 1.54) is 5.56 Å². The smallest absolute Gasteiger partial charge is 0.0581 e. The van der Waals surface area contributed by atoms with E-state index < -0.39 is 0 Å². The standard InChI is InChI=1S/C12H14ClN/c1-3-4-9-14-10(2)11-5-7-12(13)8-6-11/h5-8,10,14H,9H2,1-2H3/t10-/m1/s1. The van der Waals surface area contributed by atoms with E-state index in [-0.39, 0.29) is 0 Å². The summed E-state index contributed by atoms with van der Waals surface area (Å²) in [4.78, 5) is 0. The number of benzene rings is 1. The van der Waals surface area contributed by atoms with Crippen molar-refractivity contribution in [1.29, 1.82) is 0 Å². The first-order valence-electron chi connectivity index (χ1n) is 4.62. The number of nitrogens with one attached hydrogen (secondary N) is 1. The highest BCUT2D eigenvalue weighted by Gasteiger charge is 2.02. The average molecular weight is 208 g/mol. The van der Waals surface area contributed by atoms with Gasteiger partial charge < -0.3 is 0 Å². The van der Waals surface area contributed by atoms with Gasteiger partial charge in [0.05, 0.1) is 6.54 Å². The molecule has 0 heterocycles. The number of hydrogen-bond acceptors (Lipinski definition) is 1. The molecular formula is C12H14ClN. The third-order valence-corrected chi connectivity index (χ3v) is 2.30. The molecule has 0 aliphatic rings. The molecule has 14 heavy (non-hydrogen) atoms. The van der Waals surface area contributed by atoms with Crippen molar-refractivity contribution in [2.45, 2.75) is 19.9 Å². The van der Waals surface area contributed by atoms with Crippen molar-refractivity contribution in [3.05, 3.63) is 34.9 Å². The average Bonchev–Trinajstić information content (AvgIpc) is 2.19. The van der Waals surface area contributed by atoms with Crippen LogP contribution in [0.15, 0.2) is 24.3 Å². The monoisotopic (exact) mass is 207 g/mol. The van der Waals surface area contributed by atoms with E-state index >= 15 is 0 Å². The molecule has 0 fully saturated rings. The van der Waals surface area contributed by atoms with Crippen LogP contribution in [-0.2, 0) is 0 Å². The van der Waals surface area contributed by atoms with Gasteiger partial charge in [0.1, 0.15) is 0 Å².